The normalized spacial score (nSPS) is 21.7. The van der Waals surface area contributed by atoms with Gasteiger partial charge in [0.25, 0.3) is 0 Å². The van der Waals surface area contributed by atoms with Crippen molar-refractivity contribution in [1.82, 2.24) is 19.8 Å². The highest BCUT2D eigenvalue weighted by molar-refractivity contribution is 5.76. The van der Waals surface area contributed by atoms with E-state index in [4.69, 9.17) is 0 Å². The van der Waals surface area contributed by atoms with Crippen LogP contribution in [0.2, 0.25) is 0 Å². The molecule has 1 aliphatic heterocycles. The number of aromatic nitrogens is 2. The van der Waals surface area contributed by atoms with Crippen LogP contribution in [0.5, 0.6) is 0 Å². The van der Waals surface area contributed by atoms with Crippen molar-refractivity contribution >= 4 is 6.03 Å². The first-order valence-corrected chi connectivity index (χ1v) is 6.30. The van der Waals surface area contributed by atoms with E-state index in [1.807, 2.05) is 11.2 Å². The predicted molar refractivity (Wildman–Crippen MR) is 63.8 cm³/mol. The Morgan fingerprint density at radius 1 is 1.59 bits per heavy atom. The Hall–Kier alpha value is -1.52. The Balaban J connectivity index is 1.62. The number of amides is 2. The smallest absolute Gasteiger partial charge is 0.317 e. The molecule has 17 heavy (non-hydrogen) atoms. The molecule has 92 valence electrons. The van der Waals surface area contributed by atoms with Gasteiger partial charge in [0, 0.05) is 37.8 Å². The number of carbonyl (C=O) groups is 1. The monoisotopic (exact) mass is 234 g/mol. The van der Waals surface area contributed by atoms with Crippen molar-refractivity contribution in [3.05, 3.63) is 18.2 Å². The molecule has 2 amide bonds. The largest absolute Gasteiger partial charge is 0.336 e. The van der Waals surface area contributed by atoms with Crippen LogP contribution in [0.25, 0.3) is 0 Å². The van der Waals surface area contributed by atoms with Gasteiger partial charge in [-0.3, -0.25) is 0 Å². The van der Waals surface area contributed by atoms with Gasteiger partial charge in [0.1, 0.15) is 0 Å². The first-order valence-electron chi connectivity index (χ1n) is 6.30. The summed E-state index contributed by atoms with van der Waals surface area (Å²) in [7, 11) is 0. The van der Waals surface area contributed by atoms with Crippen molar-refractivity contribution in [3.8, 4) is 0 Å². The van der Waals surface area contributed by atoms with E-state index >= 15 is 0 Å². The van der Waals surface area contributed by atoms with E-state index < -0.39 is 0 Å². The molecule has 2 fully saturated rings. The van der Waals surface area contributed by atoms with Gasteiger partial charge in [-0.25, -0.2) is 9.78 Å². The van der Waals surface area contributed by atoms with Crippen molar-refractivity contribution in [2.24, 2.45) is 0 Å². The Kier molecular flexibility index (Phi) is 2.53. The number of hydrogen-bond acceptors (Lipinski definition) is 2. The van der Waals surface area contributed by atoms with Crippen LogP contribution in [0.1, 0.15) is 31.4 Å². The maximum Gasteiger partial charge on any atom is 0.317 e. The van der Waals surface area contributed by atoms with Gasteiger partial charge in [-0.05, 0) is 19.8 Å². The number of nitrogens with zero attached hydrogens (tertiary/aromatic N) is 3. The second-order valence-electron chi connectivity index (χ2n) is 5.04. The molecule has 2 heterocycles. The summed E-state index contributed by atoms with van der Waals surface area (Å²) in [6, 6.07) is 0.277. The standard InChI is InChI=1S/C12H18N4O/c1-9(16-5-4-13-12(16)17)6-15-7-11(14-8-15)10-2-3-10/h7-10H,2-6H2,1H3,(H,13,17). The molecule has 1 unspecified atom stereocenters. The highest BCUT2D eigenvalue weighted by Gasteiger charge is 2.27. The van der Waals surface area contributed by atoms with E-state index in [0.29, 0.717) is 5.92 Å². The van der Waals surface area contributed by atoms with E-state index in [-0.39, 0.29) is 12.1 Å². The van der Waals surface area contributed by atoms with Crippen LogP contribution in [0, 0.1) is 0 Å². The van der Waals surface area contributed by atoms with Gasteiger partial charge in [0.05, 0.1) is 12.0 Å². The Morgan fingerprint density at radius 2 is 2.41 bits per heavy atom. The summed E-state index contributed by atoms with van der Waals surface area (Å²) in [5.41, 5.74) is 1.21. The third-order valence-corrected chi connectivity index (χ3v) is 3.55. The summed E-state index contributed by atoms with van der Waals surface area (Å²) < 4.78 is 2.10. The summed E-state index contributed by atoms with van der Waals surface area (Å²) in [6.07, 6.45) is 6.57. The fourth-order valence-corrected chi connectivity index (χ4v) is 2.38. The van der Waals surface area contributed by atoms with Crippen LogP contribution >= 0.6 is 0 Å². The molecular weight excluding hydrogens is 216 g/mol. The Bertz CT molecular complexity index is 424. The summed E-state index contributed by atoms with van der Waals surface area (Å²) in [6.45, 7) is 4.49. The van der Waals surface area contributed by atoms with E-state index in [9.17, 15) is 4.79 Å². The number of imidazole rings is 1. The van der Waals surface area contributed by atoms with Crippen LogP contribution in [0.4, 0.5) is 4.79 Å². The van der Waals surface area contributed by atoms with Gasteiger partial charge in [-0.2, -0.15) is 0 Å². The molecule has 5 heteroatoms. The van der Waals surface area contributed by atoms with Gasteiger partial charge >= 0.3 is 6.03 Å². The second-order valence-corrected chi connectivity index (χ2v) is 5.04. The minimum atomic E-state index is 0.0556. The first-order chi connectivity index (χ1) is 8.24. The lowest BCUT2D eigenvalue weighted by Gasteiger charge is -2.23. The molecule has 1 aliphatic carbocycles. The number of rotatable bonds is 4. The lowest BCUT2D eigenvalue weighted by atomic mass is 10.3. The maximum absolute atomic E-state index is 11.5. The minimum Gasteiger partial charge on any atom is -0.336 e. The molecule has 1 N–H and O–H groups in total. The molecule has 3 rings (SSSR count). The van der Waals surface area contributed by atoms with E-state index in [2.05, 4.69) is 28.0 Å². The summed E-state index contributed by atoms with van der Waals surface area (Å²) >= 11 is 0. The van der Waals surface area contributed by atoms with E-state index in [0.717, 1.165) is 19.6 Å². The Labute approximate surface area is 101 Å². The minimum absolute atomic E-state index is 0.0556. The molecule has 1 atom stereocenters. The van der Waals surface area contributed by atoms with Crippen molar-refractivity contribution in [2.45, 2.75) is 38.3 Å². The van der Waals surface area contributed by atoms with Gasteiger partial charge in [0.15, 0.2) is 0 Å². The van der Waals surface area contributed by atoms with Crippen LogP contribution < -0.4 is 5.32 Å². The zero-order valence-corrected chi connectivity index (χ0v) is 10.1. The van der Waals surface area contributed by atoms with Gasteiger partial charge in [-0.15, -0.1) is 0 Å². The van der Waals surface area contributed by atoms with Gasteiger partial charge in [0.2, 0.25) is 0 Å². The molecule has 1 saturated heterocycles. The SMILES string of the molecule is CC(Cn1cnc(C2CC2)c1)N1CCNC1=O. The molecule has 0 spiro atoms. The van der Waals surface area contributed by atoms with E-state index in [1.54, 1.807) is 0 Å². The topological polar surface area (TPSA) is 50.2 Å². The number of nitrogens with one attached hydrogen (secondary N) is 1. The van der Waals surface area contributed by atoms with Gasteiger partial charge in [-0.1, -0.05) is 0 Å². The van der Waals surface area contributed by atoms with Crippen molar-refractivity contribution in [3.63, 3.8) is 0 Å². The van der Waals surface area contributed by atoms with Crippen molar-refractivity contribution in [1.29, 1.82) is 0 Å². The van der Waals surface area contributed by atoms with Crippen molar-refractivity contribution < 1.29 is 4.79 Å². The van der Waals surface area contributed by atoms with Crippen LogP contribution in [0.3, 0.4) is 0 Å². The highest BCUT2D eigenvalue weighted by atomic mass is 16.2. The quantitative estimate of drug-likeness (QED) is 0.850. The molecule has 2 aliphatic rings. The predicted octanol–water partition coefficient (Wildman–Crippen LogP) is 1.17. The summed E-state index contributed by atoms with van der Waals surface area (Å²) in [5, 5.41) is 2.83. The third kappa shape index (κ3) is 2.14. The lowest BCUT2D eigenvalue weighted by Crippen LogP contribution is -2.38. The average Bonchev–Trinajstić information content (AvgIpc) is 2.90. The zero-order chi connectivity index (χ0) is 11.8. The van der Waals surface area contributed by atoms with E-state index in [1.165, 1.54) is 18.5 Å². The third-order valence-electron chi connectivity index (χ3n) is 3.55. The molecule has 1 aromatic rings. The molecule has 1 saturated carbocycles. The van der Waals surface area contributed by atoms with Crippen LogP contribution in [-0.2, 0) is 6.54 Å². The molecule has 0 aromatic carbocycles. The summed E-state index contributed by atoms with van der Waals surface area (Å²) in [5.74, 6) is 0.696. The van der Waals surface area contributed by atoms with Crippen LogP contribution in [0.15, 0.2) is 12.5 Å². The van der Waals surface area contributed by atoms with Gasteiger partial charge < -0.3 is 14.8 Å². The number of urea groups is 1. The fraction of sp³-hybridized carbons (Fsp3) is 0.667. The molecule has 0 radical (unpaired) electrons. The second kappa shape index (κ2) is 4.05. The highest BCUT2D eigenvalue weighted by Crippen LogP contribution is 2.38. The molecule has 1 aromatic heterocycles. The lowest BCUT2D eigenvalue weighted by molar-refractivity contribution is 0.196. The number of hydrogen-bond donors (Lipinski definition) is 1. The molecule has 0 bridgehead atoms. The number of carbonyl (C=O) groups excluding carboxylic acids is 1. The Morgan fingerprint density at radius 3 is 3.06 bits per heavy atom. The average molecular weight is 234 g/mol. The molecule has 5 nitrogen and oxygen atoms in total. The molecular formula is C12H18N4O. The fourth-order valence-electron chi connectivity index (χ4n) is 2.38. The van der Waals surface area contributed by atoms with Crippen LogP contribution in [-0.4, -0.2) is 39.6 Å². The summed E-state index contributed by atoms with van der Waals surface area (Å²) in [4.78, 5) is 17.8. The zero-order valence-electron chi connectivity index (χ0n) is 10.1. The van der Waals surface area contributed by atoms with Crippen molar-refractivity contribution in [2.75, 3.05) is 13.1 Å². The first kappa shape index (κ1) is 10.6. The maximum atomic E-state index is 11.5.